The van der Waals surface area contributed by atoms with Crippen LogP contribution in [0.15, 0.2) is 36.5 Å². The van der Waals surface area contributed by atoms with Gasteiger partial charge in [0.25, 0.3) is 0 Å². The lowest BCUT2D eigenvalue weighted by molar-refractivity contribution is 0.114. The second-order valence-electron chi connectivity index (χ2n) is 7.75. The van der Waals surface area contributed by atoms with E-state index in [1.165, 1.54) is 0 Å². The molecular weight excluding hydrogens is 354 g/mol. The number of aromatic nitrogens is 2. The minimum atomic E-state index is -0.280. The summed E-state index contributed by atoms with van der Waals surface area (Å²) in [6.45, 7) is 3.72. The first-order valence-electron chi connectivity index (χ1n) is 10.1. The maximum absolute atomic E-state index is 9.89. The van der Waals surface area contributed by atoms with Crippen molar-refractivity contribution in [2.24, 2.45) is 0 Å². The van der Waals surface area contributed by atoms with Crippen LogP contribution in [0.1, 0.15) is 25.7 Å². The van der Waals surface area contributed by atoms with Gasteiger partial charge in [-0.1, -0.05) is 0 Å². The van der Waals surface area contributed by atoms with Crippen molar-refractivity contribution in [3.63, 3.8) is 0 Å². The smallest absolute Gasteiger partial charge is 0.229 e. The third-order valence-corrected chi connectivity index (χ3v) is 5.44. The third kappa shape index (κ3) is 4.91. The highest BCUT2D eigenvalue weighted by Gasteiger charge is 2.19. The van der Waals surface area contributed by atoms with Gasteiger partial charge in [0.2, 0.25) is 5.95 Å². The van der Waals surface area contributed by atoms with E-state index >= 15 is 0 Å². The van der Waals surface area contributed by atoms with Crippen LogP contribution in [0, 0.1) is 0 Å². The number of rotatable bonds is 5. The van der Waals surface area contributed by atoms with E-state index in [0.717, 1.165) is 62.6 Å². The van der Waals surface area contributed by atoms with E-state index in [0.29, 0.717) is 18.6 Å². The largest absolute Gasteiger partial charge is 0.490 e. The second-order valence-corrected chi connectivity index (χ2v) is 7.75. The van der Waals surface area contributed by atoms with Crippen molar-refractivity contribution in [1.82, 2.24) is 14.9 Å². The Labute approximate surface area is 166 Å². The zero-order valence-corrected chi connectivity index (χ0v) is 16.4. The fourth-order valence-electron chi connectivity index (χ4n) is 3.79. The van der Waals surface area contributed by atoms with Gasteiger partial charge in [-0.2, -0.15) is 4.98 Å². The summed E-state index contributed by atoms with van der Waals surface area (Å²) in [5.41, 5.74) is 0.923. The highest BCUT2D eigenvalue weighted by molar-refractivity contribution is 5.56. The number of benzene rings is 1. The second kappa shape index (κ2) is 8.75. The van der Waals surface area contributed by atoms with Gasteiger partial charge in [0.15, 0.2) is 0 Å². The summed E-state index contributed by atoms with van der Waals surface area (Å²) in [5, 5.41) is 13.1. The lowest BCUT2D eigenvalue weighted by atomic mass is 10.1. The molecule has 0 amide bonds. The molecular formula is C21H29N5O2. The van der Waals surface area contributed by atoms with E-state index in [9.17, 15) is 5.11 Å². The number of nitrogens with zero attached hydrogens (tertiary/aromatic N) is 4. The molecule has 1 unspecified atom stereocenters. The molecule has 1 aromatic heterocycles. The monoisotopic (exact) mass is 383 g/mol. The molecule has 4 rings (SSSR count). The van der Waals surface area contributed by atoms with Gasteiger partial charge in [-0.3, -0.25) is 0 Å². The summed E-state index contributed by atoms with van der Waals surface area (Å²) in [5.74, 6) is 2.30. The van der Waals surface area contributed by atoms with Crippen LogP contribution in [0.5, 0.6) is 5.75 Å². The summed E-state index contributed by atoms with van der Waals surface area (Å²) in [6, 6.07) is 9.86. The van der Waals surface area contributed by atoms with E-state index < -0.39 is 0 Å². The van der Waals surface area contributed by atoms with Crippen molar-refractivity contribution < 1.29 is 9.84 Å². The molecule has 2 saturated heterocycles. The van der Waals surface area contributed by atoms with Gasteiger partial charge < -0.3 is 25.0 Å². The Bertz CT molecular complexity index is 762. The molecule has 0 spiro atoms. The molecule has 1 atom stereocenters. The minimum Gasteiger partial charge on any atom is -0.490 e. The zero-order chi connectivity index (χ0) is 19.3. The molecule has 0 saturated carbocycles. The first kappa shape index (κ1) is 19.0. The first-order valence-corrected chi connectivity index (χ1v) is 10.1. The molecule has 2 aliphatic rings. The van der Waals surface area contributed by atoms with Crippen LogP contribution in [0.4, 0.5) is 17.5 Å². The number of aliphatic hydroxyl groups excluding tert-OH is 1. The first-order chi connectivity index (χ1) is 13.7. The number of aliphatic hydroxyl groups is 1. The fraction of sp³-hybridized carbons (Fsp3) is 0.524. The number of hydrogen-bond acceptors (Lipinski definition) is 7. The zero-order valence-electron chi connectivity index (χ0n) is 16.4. The summed E-state index contributed by atoms with van der Waals surface area (Å²) >= 11 is 0. The average Bonchev–Trinajstić information content (AvgIpc) is 2.71. The molecule has 28 heavy (non-hydrogen) atoms. The lowest BCUT2D eigenvalue weighted by Gasteiger charge is -2.31. The van der Waals surface area contributed by atoms with Crippen molar-refractivity contribution in [2.45, 2.75) is 37.9 Å². The van der Waals surface area contributed by atoms with E-state index in [2.05, 4.69) is 32.1 Å². The van der Waals surface area contributed by atoms with Crippen molar-refractivity contribution in [3.05, 3.63) is 36.5 Å². The third-order valence-electron chi connectivity index (χ3n) is 5.44. The van der Waals surface area contributed by atoms with E-state index in [4.69, 9.17) is 4.74 Å². The molecule has 2 aromatic rings. The van der Waals surface area contributed by atoms with Crippen LogP contribution in [0.25, 0.3) is 0 Å². The van der Waals surface area contributed by atoms with Crippen LogP contribution in [-0.4, -0.2) is 65.4 Å². The number of anilines is 3. The summed E-state index contributed by atoms with van der Waals surface area (Å²) in [4.78, 5) is 13.4. The van der Waals surface area contributed by atoms with Gasteiger partial charge in [0.05, 0.1) is 6.10 Å². The van der Waals surface area contributed by atoms with Gasteiger partial charge in [-0.05, 0) is 63.1 Å². The van der Waals surface area contributed by atoms with Crippen LogP contribution < -0.4 is 15.0 Å². The highest BCUT2D eigenvalue weighted by Crippen LogP contribution is 2.23. The SMILES string of the molecule is CN1CCC(Oc2ccc(Nc3nccc(N4CCCC(O)C4)n3)cc2)CC1. The Morgan fingerprint density at radius 2 is 1.86 bits per heavy atom. The van der Waals surface area contributed by atoms with Crippen molar-refractivity contribution in [2.75, 3.05) is 43.4 Å². The van der Waals surface area contributed by atoms with Crippen LogP contribution in [0.2, 0.25) is 0 Å². The van der Waals surface area contributed by atoms with Crippen LogP contribution in [-0.2, 0) is 0 Å². The molecule has 2 N–H and O–H groups in total. The number of piperidine rings is 2. The minimum absolute atomic E-state index is 0.280. The highest BCUT2D eigenvalue weighted by atomic mass is 16.5. The maximum atomic E-state index is 9.89. The number of ether oxygens (including phenoxy) is 1. The Morgan fingerprint density at radius 1 is 1.07 bits per heavy atom. The average molecular weight is 383 g/mol. The van der Waals surface area contributed by atoms with E-state index in [1.807, 2.05) is 30.3 Å². The molecule has 1 aromatic carbocycles. The van der Waals surface area contributed by atoms with E-state index in [-0.39, 0.29) is 6.10 Å². The van der Waals surface area contributed by atoms with Crippen molar-refractivity contribution >= 4 is 17.5 Å². The van der Waals surface area contributed by atoms with E-state index in [1.54, 1.807) is 6.20 Å². The standard InChI is InChI=1S/C21H29N5O2/c1-25-13-9-19(10-14-25)28-18-6-4-16(5-7-18)23-21-22-11-8-20(24-21)26-12-2-3-17(27)15-26/h4-8,11,17,19,27H,2-3,9-10,12-15H2,1H3,(H,22,23,24). The lowest BCUT2D eigenvalue weighted by Crippen LogP contribution is -2.38. The quantitative estimate of drug-likeness (QED) is 0.822. The Hall–Kier alpha value is -2.38. The fourth-order valence-corrected chi connectivity index (χ4v) is 3.79. The Morgan fingerprint density at radius 3 is 2.61 bits per heavy atom. The molecule has 0 bridgehead atoms. The Balaban J connectivity index is 1.36. The number of likely N-dealkylation sites (tertiary alicyclic amines) is 1. The van der Waals surface area contributed by atoms with Crippen LogP contribution in [0.3, 0.4) is 0 Å². The number of nitrogens with one attached hydrogen (secondary N) is 1. The normalized spacial score (nSPS) is 21.5. The van der Waals surface area contributed by atoms with Crippen molar-refractivity contribution in [1.29, 1.82) is 0 Å². The molecule has 150 valence electrons. The molecule has 2 fully saturated rings. The molecule has 0 radical (unpaired) electrons. The molecule has 7 heteroatoms. The van der Waals surface area contributed by atoms with Gasteiger partial charge in [-0.15, -0.1) is 0 Å². The molecule has 3 heterocycles. The van der Waals surface area contributed by atoms with Gasteiger partial charge in [0.1, 0.15) is 17.7 Å². The summed E-state index contributed by atoms with van der Waals surface area (Å²) in [6.07, 6.45) is 5.76. The predicted molar refractivity (Wildman–Crippen MR) is 110 cm³/mol. The number of hydrogen-bond donors (Lipinski definition) is 2. The summed E-state index contributed by atoms with van der Waals surface area (Å²) in [7, 11) is 2.15. The molecule has 2 aliphatic heterocycles. The van der Waals surface area contributed by atoms with Gasteiger partial charge in [-0.25, -0.2) is 4.98 Å². The van der Waals surface area contributed by atoms with Crippen LogP contribution >= 0.6 is 0 Å². The van der Waals surface area contributed by atoms with Gasteiger partial charge in [0, 0.05) is 38.1 Å². The van der Waals surface area contributed by atoms with Gasteiger partial charge >= 0.3 is 0 Å². The summed E-state index contributed by atoms with van der Waals surface area (Å²) < 4.78 is 6.10. The molecule has 7 nitrogen and oxygen atoms in total. The molecule has 0 aliphatic carbocycles. The predicted octanol–water partition coefficient (Wildman–Crippen LogP) is 2.65. The Kier molecular flexibility index (Phi) is 5.92. The number of β-amino-alcohol motifs (C(OH)–C–C–N with tert-alkyl or cyclic N) is 1. The maximum Gasteiger partial charge on any atom is 0.229 e. The van der Waals surface area contributed by atoms with Crippen molar-refractivity contribution in [3.8, 4) is 5.75 Å². The topological polar surface area (TPSA) is 73.8 Å².